The van der Waals surface area contributed by atoms with Crippen LogP contribution in [0.1, 0.15) is 32.6 Å². The number of carbonyl (C=O) groups excluding carboxylic acids is 2. The van der Waals surface area contributed by atoms with E-state index in [9.17, 15) is 14.7 Å². The lowest BCUT2D eigenvalue weighted by Gasteiger charge is -2.31. The van der Waals surface area contributed by atoms with E-state index in [-0.39, 0.29) is 42.2 Å². The maximum absolute atomic E-state index is 12.1. The van der Waals surface area contributed by atoms with E-state index in [4.69, 9.17) is 15.9 Å². The third kappa shape index (κ3) is 6.44. The molecule has 1 aliphatic rings. The van der Waals surface area contributed by atoms with Crippen molar-refractivity contribution in [2.45, 2.75) is 32.6 Å². The van der Waals surface area contributed by atoms with Crippen LogP contribution in [0.4, 0.5) is 5.69 Å². The number of hydrogen-bond donors (Lipinski definition) is 4. The maximum Gasteiger partial charge on any atom is 0.311 e. The van der Waals surface area contributed by atoms with Gasteiger partial charge in [0.15, 0.2) is 11.7 Å². The first-order valence-corrected chi connectivity index (χ1v) is 8.25. The molecule has 144 valence electrons. The zero-order valence-electron chi connectivity index (χ0n) is 14.7. The van der Waals surface area contributed by atoms with E-state index in [1.54, 1.807) is 0 Å². The van der Waals surface area contributed by atoms with Gasteiger partial charge in [-0.2, -0.15) is 0 Å². The number of hydrogen-bond acceptors (Lipinski definition) is 5. The molecule has 0 saturated carbocycles. The summed E-state index contributed by atoms with van der Waals surface area (Å²) in [5.41, 5.74) is 5.81. The highest BCUT2D eigenvalue weighted by atomic mass is 35.5. The Bertz CT molecular complexity index is 660. The third-order valence-electron chi connectivity index (χ3n) is 4.21. The highest BCUT2D eigenvalue weighted by Crippen LogP contribution is 2.30. The Hall–Kier alpha value is -2.48. The normalized spacial score (nSPS) is 14.3. The van der Waals surface area contributed by atoms with Crippen LogP contribution in [0.5, 0.6) is 11.5 Å². The molecule has 1 aromatic rings. The number of likely N-dealkylation sites (tertiary alicyclic amines) is 1. The Balaban J connectivity index is 0.00000338. The molecule has 1 fully saturated rings. The molecule has 1 heterocycles. The minimum Gasteiger partial charge on any atom is -0.508 e. The number of nitrogens with two attached hydrogens (primary N) is 1. The summed E-state index contributed by atoms with van der Waals surface area (Å²) in [7, 11) is 0. The van der Waals surface area contributed by atoms with Crippen LogP contribution in [0.3, 0.4) is 0 Å². The molecule has 1 amide bonds. The van der Waals surface area contributed by atoms with Gasteiger partial charge in [0, 0.05) is 32.5 Å². The topological polar surface area (TPSA) is 129 Å². The number of esters is 1. The van der Waals surface area contributed by atoms with Gasteiger partial charge in [-0.25, -0.2) is 0 Å². The third-order valence-corrected chi connectivity index (χ3v) is 4.21. The highest BCUT2D eigenvalue weighted by molar-refractivity contribution is 5.91. The fourth-order valence-electron chi connectivity index (χ4n) is 2.85. The van der Waals surface area contributed by atoms with E-state index >= 15 is 0 Å². The molecular formula is C17H25ClN4O4. The second-order valence-corrected chi connectivity index (χ2v) is 6.19. The first-order valence-electron chi connectivity index (χ1n) is 8.25. The number of phenols is 1. The van der Waals surface area contributed by atoms with Crippen molar-refractivity contribution < 1.29 is 19.4 Å². The minimum absolute atomic E-state index is 0. The minimum atomic E-state index is -0.411. The molecule has 0 bridgehead atoms. The molecule has 0 spiro atoms. The number of aromatic hydroxyl groups is 1. The van der Waals surface area contributed by atoms with Crippen LogP contribution in [0.25, 0.3) is 0 Å². The van der Waals surface area contributed by atoms with Gasteiger partial charge in [0.1, 0.15) is 5.75 Å². The number of amides is 1. The molecule has 9 heteroatoms. The fraction of sp³-hybridized carbons (Fsp3) is 0.471. The Morgan fingerprint density at radius 1 is 1.38 bits per heavy atom. The Morgan fingerprint density at radius 2 is 2.04 bits per heavy atom. The quantitative estimate of drug-likeness (QED) is 0.202. The molecule has 8 nitrogen and oxygen atoms in total. The first-order chi connectivity index (χ1) is 11.8. The van der Waals surface area contributed by atoms with Gasteiger partial charge in [-0.05, 0) is 37.3 Å². The summed E-state index contributed by atoms with van der Waals surface area (Å²) in [4.78, 5) is 25.1. The number of carbonyl (C=O) groups is 2. The molecule has 5 N–H and O–H groups in total. The van der Waals surface area contributed by atoms with Crippen LogP contribution in [0.15, 0.2) is 18.2 Å². The summed E-state index contributed by atoms with van der Waals surface area (Å²) in [5.74, 6) is -0.138. The van der Waals surface area contributed by atoms with Crippen LogP contribution < -0.4 is 15.8 Å². The predicted octanol–water partition coefficient (Wildman–Crippen LogP) is 2.06. The van der Waals surface area contributed by atoms with Crippen LogP contribution >= 0.6 is 12.4 Å². The summed E-state index contributed by atoms with van der Waals surface area (Å²) in [6.07, 6.45) is 2.71. The van der Waals surface area contributed by atoms with E-state index in [1.807, 2.05) is 4.90 Å². The van der Waals surface area contributed by atoms with E-state index in [1.165, 1.54) is 25.1 Å². The molecule has 26 heavy (non-hydrogen) atoms. The number of nitrogens with one attached hydrogen (secondary N) is 2. The first kappa shape index (κ1) is 21.6. The van der Waals surface area contributed by atoms with Crippen molar-refractivity contribution in [1.29, 1.82) is 5.41 Å². The molecule has 1 saturated heterocycles. The van der Waals surface area contributed by atoms with Crippen LogP contribution in [-0.2, 0) is 9.59 Å². The lowest BCUT2D eigenvalue weighted by Crippen LogP contribution is -2.42. The smallest absolute Gasteiger partial charge is 0.311 e. The Morgan fingerprint density at radius 3 is 2.62 bits per heavy atom. The van der Waals surface area contributed by atoms with Gasteiger partial charge in [0.05, 0.1) is 5.69 Å². The second-order valence-electron chi connectivity index (χ2n) is 6.19. The van der Waals surface area contributed by atoms with Gasteiger partial charge < -0.3 is 25.8 Å². The highest BCUT2D eigenvalue weighted by Gasteiger charge is 2.21. The van der Waals surface area contributed by atoms with Gasteiger partial charge >= 0.3 is 5.97 Å². The van der Waals surface area contributed by atoms with Crippen molar-refractivity contribution in [2.75, 3.05) is 18.4 Å². The van der Waals surface area contributed by atoms with E-state index < -0.39 is 5.97 Å². The number of halogens is 1. The van der Waals surface area contributed by atoms with Crippen molar-refractivity contribution in [3.05, 3.63) is 18.2 Å². The van der Waals surface area contributed by atoms with Crippen LogP contribution in [0.2, 0.25) is 0 Å². The van der Waals surface area contributed by atoms with Crippen molar-refractivity contribution in [2.24, 2.45) is 11.7 Å². The molecule has 0 aliphatic carbocycles. The monoisotopic (exact) mass is 384 g/mol. The average molecular weight is 385 g/mol. The molecule has 0 atom stereocenters. The SMILES string of the molecule is CC(=O)Nc1ccc(O)cc1OC(=O)CCC1CCN(C(=N)N)CC1.Cl. The molecule has 1 aromatic carbocycles. The largest absolute Gasteiger partial charge is 0.508 e. The number of phenolic OH excluding ortho intramolecular Hbond substituents is 1. The summed E-state index contributed by atoms with van der Waals surface area (Å²) < 4.78 is 5.30. The van der Waals surface area contributed by atoms with Gasteiger partial charge in [0.2, 0.25) is 5.91 Å². The molecule has 2 rings (SSSR count). The zero-order valence-corrected chi connectivity index (χ0v) is 15.5. The maximum atomic E-state index is 12.1. The molecule has 0 aromatic heterocycles. The van der Waals surface area contributed by atoms with E-state index in [0.717, 1.165) is 25.9 Å². The van der Waals surface area contributed by atoms with Crippen molar-refractivity contribution in [3.63, 3.8) is 0 Å². The average Bonchev–Trinajstić information content (AvgIpc) is 2.55. The fourth-order valence-corrected chi connectivity index (χ4v) is 2.85. The second kappa shape index (κ2) is 9.86. The van der Waals surface area contributed by atoms with Crippen molar-refractivity contribution in [1.82, 2.24) is 4.90 Å². The summed E-state index contributed by atoms with van der Waals surface area (Å²) in [6, 6.07) is 4.19. The van der Waals surface area contributed by atoms with Gasteiger partial charge in [-0.15, -0.1) is 12.4 Å². The molecule has 1 aliphatic heterocycles. The van der Waals surface area contributed by atoms with Crippen molar-refractivity contribution in [3.8, 4) is 11.5 Å². The lowest BCUT2D eigenvalue weighted by atomic mass is 9.92. The number of anilines is 1. The molecule has 0 unspecified atom stereocenters. The number of ether oxygens (including phenoxy) is 1. The van der Waals surface area contributed by atoms with Gasteiger partial charge in [0.25, 0.3) is 0 Å². The lowest BCUT2D eigenvalue weighted by molar-refractivity contribution is -0.134. The van der Waals surface area contributed by atoms with E-state index in [0.29, 0.717) is 18.0 Å². The van der Waals surface area contributed by atoms with E-state index in [2.05, 4.69) is 5.32 Å². The Labute approximate surface area is 158 Å². The number of guanidine groups is 1. The number of piperidine rings is 1. The summed E-state index contributed by atoms with van der Waals surface area (Å²) in [5, 5.41) is 19.5. The standard InChI is InChI=1S/C17H24N4O4.ClH/c1-11(22)20-14-4-3-13(23)10-15(14)25-16(24)5-2-12-6-8-21(9-7-12)17(18)19;/h3-4,10,12,23H,2,5-9H2,1H3,(H3,18,19)(H,20,22);1H. The van der Waals surface area contributed by atoms with Gasteiger partial charge in [-0.3, -0.25) is 15.0 Å². The molecule has 0 radical (unpaired) electrons. The predicted molar refractivity (Wildman–Crippen MR) is 101 cm³/mol. The number of nitrogens with zero attached hydrogens (tertiary/aromatic N) is 1. The van der Waals surface area contributed by atoms with Crippen LogP contribution in [-0.4, -0.2) is 40.9 Å². The Kier molecular flexibility index (Phi) is 8.18. The van der Waals surface area contributed by atoms with Crippen molar-refractivity contribution >= 4 is 35.9 Å². The summed E-state index contributed by atoms with van der Waals surface area (Å²) in [6.45, 7) is 2.81. The summed E-state index contributed by atoms with van der Waals surface area (Å²) >= 11 is 0. The van der Waals surface area contributed by atoms with Gasteiger partial charge in [-0.1, -0.05) is 0 Å². The number of benzene rings is 1. The number of rotatable bonds is 5. The zero-order chi connectivity index (χ0) is 18.4. The molecular weight excluding hydrogens is 360 g/mol. The van der Waals surface area contributed by atoms with Crippen LogP contribution in [0, 0.1) is 11.3 Å².